The summed E-state index contributed by atoms with van der Waals surface area (Å²) in [6, 6.07) is -0.550. The molecular formula is C12H19N5O3. The zero-order valence-electron chi connectivity index (χ0n) is 12.0. The van der Waals surface area contributed by atoms with Gasteiger partial charge in [0.1, 0.15) is 6.54 Å². The fourth-order valence-corrected chi connectivity index (χ4v) is 1.51. The molecule has 0 unspecified atom stereocenters. The lowest BCUT2D eigenvalue weighted by Crippen LogP contribution is -2.41. The van der Waals surface area contributed by atoms with E-state index in [9.17, 15) is 9.59 Å². The zero-order valence-corrected chi connectivity index (χ0v) is 12.0. The van der Waals surface area contributed by atoms with Crippen molar-refractivity contribution >= 4 is 17.9 Å². The first-order chi connectivity index (χ1) is 9.29. The highest BCUT2D eigenvalue weighted by atomic mass is 16.4. The van der Waals surface area contributed by atoms with E-state index in [1.165, 1.54) is 4.90 Å². The van der Waals surface area contributed by atoms with Crippen LogP contribution in [0, 0.1) is 19.8 Å². The van der Waals surface area contributed by atoms with Crippen LogP contribution in [0.5, 0.6) is 0 Å². The maximum absolute atomic E-state index is 12.0. The second-order valence-electron chi connectivity index (χ2n) is 4.90. The van der Waals surface area contributed by atoms with Gasteiger partial charge in [0, 0.05) is 6.54 Å². The van der Waals surface area contributed by atoms with Crippen molar-refractivity contribution in [3.8, 4) is 0 Å². The molecule has 1 rings (SSSR count). The van der Waals surface area contributed by atoms with Gasteiger partial charge in [0.05, 0.1) is 11.4 Å². The van der Waals surface area contributed by atoms with E-state index in [0.717, 1.165) is 0 Å². The fraction of sp³-hybridized carbons (Fsp3) is 0.583. The molecule has 0 aromatic carbocycles. The maximum Gasteiger partial charge on any atom is 0.324 e. The molecule has 0 radical (unpaired) electrons. The molecule has 8 nitrogen and oxygen atoms in total. The minimum Gasteiger partial charge on any atom is -0.480 e. The molecule has 0 saturated carbocycles. The Morgan fingerprint density at radius 1 is 1.25 bits per heavy atom. The Balaban J connectivity index is 2.78. The molecule has 0 aliphatic carbocycles. The molecule has 0 spiro atoms. The summed E-state index contributed by atoms with van der Waals surface area (Å²) >= 11 is 0. The van der Waals surface area contributed by atoms with Crippen LogP contribution in [0.2, 0.25) is 0 Å². The van der Waals surface area contributed by atoms with Crippen LogP contribution in [-0.2, 0) is 4.79 Å². The SMILES string of the molecule is Cc1nnc(NC(=O)N(CC(=O)O)CC(C)C)nc1C. The van der Waals surface area contributed by atoms with E-state index >= 15 is 0 Å². The minimum atomic E-state index is -1.07. The third-order valence-electron chi connectivity index (χ3n) is 2.51. The molecule has 0 aliphatic heterocycles. The highest BCUT2D eigenvalue weighted by Gasteiger charge is 2.19. The van der Waals surface area contributed by atoms with Gasteiger partial charge < -0.3 is 10.0 Å². The number of carbonyl (C=O) groups excluding carboxylic acids is 1. The van der Waals surface area contributed by atoms with E-state index in [0.29, 0.717) is 17.9 Å². The van der Waals surface area contributed by atoms with Crippen molar-refractivity contribution in [3.05, 3.63) is 11.4 Å². The number of anilines is 1. The number of aromatic nitrogens is 3. The van der Waals surface area contributed by atoms with Crippen LogP contribution in [0.1, 0.15) is 25.2 Å². The van der Waals surface area contributed by atoms with Gasteiger partial charge >= 0.3 is 12.0 Å². The molecule has 110 valence electrons. The van der Waals surface area contributed by atoms with Gasteiger partial charge in [0.2, 0.25) is 0 Å². The van der Waals surface area contributed by atoms with Crippen LogP contribution in [0.3, 0.4) is 0 Å². The standard InChI is InChI=1S/C12H19N5O3/c1-7(2)5-17(6-10(18)19)12(20)14-11-13-8(3)9(4)15-16-11/h7H,5-6H2,1-4H3,(H,18,19)(H,13,14,16,20). The van der Waals surface area contributed by atoms with Gasteiger partial charge in [-0.3, -0.25) is 10.1 Å². The Labute approximate surface area is 117 Å². The number of amides is 2. The molecule has 1 aromatic rings. The van der Waals surface area contributed by atoms with Gasteiger partial charge in [-0.1, -0.05) is 13.8 Å². The van der Waals surface area contributed by atoms with Crippen molar-refractivity contribution in [3.63, 3.8) is 0 Å². The van der Waals surface area contributed by atoms with E-state index < -0.39 is 12.0 Å². The van der Waals surface area contributed by atoms with Crippen LogP contribution < -0.4 is 5.32 Å². The first kappa shape index (κ1) is 15.8. The number of aliphatic carboxylic acids is 1. The number of carbonyl (C=O) groups is 2. The maximum atomic E-state index is 12.0. The second-order valence-corrected chi connectivity index (χ2v) is 4.90. The molecule has 20 heavy (non-hydrogen) atoms. The number of nitrogens with zero attached hydrogens (tertiary/aromatic N) is 4. The van der Waals surface area contributed by atoms with Gasteiger partial charge in [-0.25, -0.2) is 9.78 Å². The average molecular weight is 281 g/mol. The number of hydrogen-bond acceptors (Lipinski definition) is 5. The minimum absolute atomic E-state index is 0.0669. The van der Waals surface area contributed by atoms with E-state index in [4.69, 9.17) is 5.11 Å². The summed E-state index contributed by atoms with van der Waals surface area (Å²) in [5, 5.41) is 18.9. The molecule has 0 fully saturated rings. The molecule has 8 heteroatoms. The summed E-state index contributed by atoms with van der Waals surface area (Å²) in [6.07, 6.45) is 0. The number of rotatable bonds is 5. The first-order valence-corrected chi connectivity index (χ1v) is 6.25. The number of hydrogen-bond donors (Lipinski definition) is 2. The van der Waals surface area contributed by atoms with Gasteiger partial charge in [0.15, 0.2) is 0 Å². The Hall–Kier alpha value is -2.25. The summed E-state index contributed by atoms with van der Waals surface area (Å²) in [5.74, 6) is -0.851. The molecule has 1 aromatic heterocycles. The lowest BCUT2D eigenvalue weighted by molar-refractivity contribution is -0.137. The van der Waals surface area contributed by atoms with Gasteiger partial charge in [-0.05, 0) is 19.8 Å². The van der Waals surface area contributed by atoms with Crippen LogP contribution in [0.4, 0.5) is 10.7 Å². The Morgan fingerprint density at radius 3 is 2.40 bits per heavy atom. The highest BCUT2D eigenvalue weighted by Crippen LogP contribution is 2.05. The number of urea groups is 1. The number of aryl methyl sites for hydroxylation is 2. The smallest absolute Gasteiger partial charge is 0.324 e. The molecule has 1 heterocycles. The van der Waals surface area contributed by atoms with E-state index in [2.05, 4.69) is 20.5 Å². The second kappa shape index (κ2) is 6.78. The molecular weight excluding hydrogens is 262 g/mol. The Bertz CT molecular complexity index is 504. The molecule has 0 bridgehead atoms. The van der Waals surface area contributed by atoms with Crippen LogP contribution in [0.25, 0.3) is 0 Å². The molecule has 0 atom stereocenters. The summed E-state index contributed by atoms with van der Waals surface area (Å²) in [5.41, 5.74) is 1.33. The first-order valence-electron chi connectivity index (χ1n) is 6.25. The predicted molar refractivity (Wildman–Crippen MR) is 72.4 cm³/mol. The summed E-state index contributed by atoms with van der Waals surface area (Å²) in [6.45, 7) is 7.27. The largest absolute Gasteiger partial charge is 0.480 e. The van der Waals surface area contributed by atoms with Crippen LogP contribution in [-0.4, -0.2) is 50.3 Å². The quantitative estimate of drug-likeness (QED) is 0.835. The average Bonchev–Trinajstić information content (AvgIpc) is 2.32. The van der Waals surface area contributed by atoms with Gasteiger partial charge in [-0.2, -0.15) is 5.10 Å². The van der Waals surface area contributed by atoms with Crippen molar-refractivity contribution in [2.45, 2.75) is 27.7 Å². The van der Waals surface area contributed by atoms with E-state index in [1.807, 2.05) is 13.8 Å². The number of nitrogens with one attached hydrogen (secondary N) is 1. The zero-order chi connectivity index (χ0) is 15.3. The fourth-order valence-electron chi connectivity index (χ4n) is 1.51. The monoisotopic (exact) mass is 281 g/mol. The van der Waals surface area contributed by atoms with Crippen molar-refractivity contribution in [1.29, 1.82) is 0 Å². The Kier molecular flexibility index (Phi) is 5.36. The summed E-state index contributed by atoms with van der Waals surface area (Å²) < 4.78 is 0. The van der Waals surface area contributed by atoms with Crippen LogP contribution in [0.15, 0.2) is 0 Å². The third-order valence-corrected chi connectivity index (χ3v) is 2.51. The van der Waals surface area contributed by atoms with Crippen molar-refractivity contribution in [2.24, 2.45) is 5.92 Å². The highest BCUT2D eigenvalue weighted by molar-refractivity contribution is 5.89. The van der Waals surface area contributed by atoms with Crippen molar-refractivity contribution in [1.82, 2.24) is 20.1 Å². The molecule has 2 amide bonds. The van der Waals surface area contributed by atoms with Gasteiger partial charge in [0.25, 0.3) is 5.95 Å². The summed E-state index contributed by atoms with van der Waals surface area (Å²) in [4.78, 5) is 28.1. The topological polar surface area (TPSA) is 108 Å². The number of carboxylic acids is 1. The van der Waals surface area contributed by atoms with E-state index in [-0.39, 0.29) is 18.4 Å². The predicted octanol–water partition coefficient (Wildman–Crippen LogP) is 1.06. The third kappa shape index (κ3) is 4.79. The molecule has 2 N–H and O–H groups in total. The molecule has 0 saturated heterocycles. The van der Waals surface area contributed by atoms with E-state index in [1.54, 1.807) is 13.8 Å². The number of carboxylic acid groups (broad SMARTS) is 1. The lowest BCUT2D eigenvalue weighted by atomic mass is 10.2. The lowest BCUT2D eigenvalue weighted by Gasteiger charge is -2.22. The normalized spacial score (nSPS) is 10.4. The summed E-state index contributed by atoms with van der Waals surface area (Å²) in [7, 11) is 0. The van der Waals surface area contributed by atoms with Crippen LogP contribution >= 0.6 is 0 Å². The van der Waals surface area contributed by atoms with Crippen molar-refractivity contribution < 1.29 is 14.7 Å². The Morgan fingerprint density at radius 2 is 1.90 bits per heavy atom. The van der Waals surface area contributed by atoms with Crippen molar-refractivity contribution in [2.75, 3.05) is 18.4 Å². The van der Waals surface area contributed by atoms with Gasteiger partial charge in [-0.15, -0.1) is 5.10 Å². The molecule has 0 aliphatic rings.